The van der Waals surface area contributed by atoms with Gasteiger partial charge in [0.05, 0.1) is 12.3 Å². The molecular weight excluding hydrogens is 460 g/mol. The van der Waals surface area contributed by atoms with Crippen molar-refractivity contribution in [3.05, 3.63) is 23.8 Å². The van der Waals surface area contributed by atoms with Gasteiger partial charge >= 0.3 is 0 Å². The van der Waals surface area contributed by atoms with E-state index in [0.717, 1.165) is 70.4 Å². The summed E-state index contributed by atoms with van der Waals surface area (Å²) >= 11 is 0. The third-order valence-electron chi connectivity index (χ3n) is 7.95. The largest absolute Gasteiger partial charge is 0.381 e. The van der Waals surface area contributed by atoms with E-state index >= 15 is 0 Å². The fraction of sp³-hybridized carbons (Fsp3) is 0.773. The van der Waals surface area contributed by atoms with E-state index in [1.54, 1.807) is 10.4 Å². The Hall–Kier alpha value is -2.02. The first-order valence-electron chi connectivity index (χ1n) is 12.2. The Morgan fingerprint density at radius 1 is 1.06 bits per heavy atom. The molecule has 12 heteroatoms. The van der Waals surface area contributed by atoms with E-state index in [2.05, 4.69) is 19.7 Å². The molecule has 0 amide bonds. The lowest BCUT2D eigenvalue weighted by Crippen LogP contribution is -2.49. The van der Waals surface area contributed by atoms with Gasteiger partial charge in [-0.3, -0.25) is 4.57 Å². The second-order valence-corrected chi connectivity index (χ2v) is 12.0. The highest BCUT2D eigenvalue weighted by Gasteiger charge is 2.57. The Morgan fingerprint density at radius 3 is 2.59 bits per heavy atom. The Morgan fingerprint density at radius 2 is 1.88 bits per heavy atom. The normalized spacial score (nSPS) is 27.5. The number of hydrogen-bond acceptors (Lipinski definition) is 9. The summed E-state index contributed by atoms with van der Waals surface area (Å²) in [6.07, 6.45) is 5.79. The van der Waals surface area contributed by atoms with E-state index < -0.39 is 10.0 Å². The van der Waals surface area contributed by atoms with Gasteiger partial charge in [-0.15, -0.1) is 10.2 Å². The zero-order valence-electron chi connectivity index (χ0n) is 19.3. The van der Waals surface area contributed by atoms with Crippen molar-refractivity contribution in [2.45, 2.75) is 43.9 Å². The minimum atomic E-state index is -3.44. The van der Waals surface area contributed by atoms with Gasteiger partial charge in [0.25, 0.3) is 0 Å². The SMILES string of the molecule is O=S(=O)(Cc1ccon1)N1CCN(c2nnc(C3CC34CCOCC4)n2CC2CCOC2)CC1. The molecule has 4 fully saturated rings. The van der Waals surface area contributed by atoms with Gasteiger partial charge < -0.3 is 18.9 Å². The number of nitrogens with zero attached hydrogens (tertiary/aromatic N) is 6. The van der Waals surface area contributed by atoms with Gasteiger partial charge in [0.15, 0.2) is 0 Å². The Labute approximate surface area is 199 Å². The minimum absolute atomic E-state index is 0.140. The van der Waals surface area contributed by atoms with Crippen LogP contribution in [0.5, 0.6) is 0 Å². The Kier molecular flexibility index (Phi) is 5.87. The molecule has 3 aliphatic heterocycles. The van der Waals surface area contributed by atoms with Crippen LogP contribution in [0.25, 0.3) is 0 Å². The molecule has 1 aliphatic carbocycles. The Bertz CT molecular complexity index is 1080. The smallest absolute Gasteiger partial charge is 0.227 e. The average molecular weight is 493 g/mol. The number of piperazine rings is 1. The third kappa shape index (κ3) is 4.25. The molecule has 0 bridgehead atoms. The highest BCUT2D eigenvalue weighted by Crippen LogP contribution is 2.64. The van der Waals surface area contributed by atoms with E-state index in [4.69, 9.17) is 19.1 Å². The van der Waals surface area contributed by atoms with Crippen LogP contribution in [0.15, 0.2) is 16.9 Å². The lowest BCUT2D eigenvalue weighted by atomic mass is 9.93. The molecule has 2 unspecified atom stereocenters. The van der Waals surface area contributed by atoms with Crippen LogP contribution in [-0.4, -0.2) is 85.3 Å². The van der Waals surface area contributed by atoms with Crippen LogP contribution in [0.4, 0.5) is 5.95 Å². The number of sulfonamides is 1. The molecule has 4 aliphatic rings. The van der Waals surface area contributed by atoms with Crippen molar-refractivity contribution < 1.29 is 22.4 Å². The summed E-state index contributed by atoms with van der Waals surface area (Å²) < 4.78 is 45.6. The predicted octanol–water partition coefficient (Wildman–Crippen LogP) is 1.24. The highest BCUT2D eigenvalue weighted by atomic mass is 32.2. The van der Waals surface area contributed by atoms with Crippen LogP contribution < -0.4 is 4.90 Å². The van der Waals surface area contributed by atoms with Crippen LogP contribution in [0.1, 0.15) is 43.1 Å². The zero-order chi connectivity index (χ0) is 23.2. The van der Waals surface area contributed by atoms with Gasteiger partial charge in [0, 0.05) is 70.4 Å². The van der Waals surface area contributed by atoms with Crippen molar-refractivity contribution in [3.63, 3.8) is 0 Å². The van der Waals surface area contributed by atoms with Crippen molar-refractivity contribution in [2.24, 2.45) is 11.3 Å². The fourth-order valence-electron chi connectivity index (χ4n) is 5.76. The monoisotopic (exact) mass is 492 g/mol. The van der Waals surface area contributed by atoms with E-state index in [0.29, 0.717) is 49.1 Å². The zero-order valence-corrected chi connectivity index (χ0v) is 20.2. The number of anilines is 1. The second-order valence-electron chi connectivity index (χ2n) is 10.1. The van der Waals surface area contributed by atoms with Crippen molar-refractivity contribution in [1.82, 2.24) is 24.2 Å². The van der Waals surface area contributed by atoms with Crippen molar-refractivity contribution in [1.29, 1.82) is 0 Å². The molecule has 0 radical (unpaired) electrons. The topological polar surface area (TPSA) is 116 Å². The second kappa shape index (κ2) is 8.89. The summed E-state index contributed by atoms with van der Waals surface area (Å²) in [5.74, 6) is 2.71. The average Bonchev–Trinajstić information content (AvgIpc) is 3.35. The first-order chi connectivity index (χ1) is 16.5. The molecule has 2 aromatic heterocycles. The first-order valence-corrected chi connectivity index (χ1v) is 13.9. The van der Waals surface area contributed by atoms with Crippen LogP contribution >= 0.6 is 0 Å². The molecule has 3 saturated heterocycles. The number of aromatic nitrogens is 4. The number of ether oxygens (including phenoxy) is 2. The molecule has 1 saturated carbocycles. The third-order valence-corrected chi connectivity index (χ3v) is 9.76. The van der Waals surface area contributed by atoms with E-state index in [-0.39, 0.29) is 5.75 Å². The van der Waals surface area contributed by atoms with Crippen LogP contribution in [0.3, 0.4) is 0 Å². The molecule has 34 heavy (non-hydrogen) atoms. The van der Waals surface area contributed by atoms with Crippen LogP contribution in [-0.2, 0) is 31.8 Å². The highest BCUT2D eigenvalue weighted by molar-refractivity contribution is 7.88. The summed E-state index contributed by atoms with van der Waals surface area (Å²) in [7, 11) is -3.44. The maximum atomic E-state index is 12.8. The molecule has 11 nitrogen and oxygen atoms in total. The molecule has 6 rings (SSSR count). The quantitative estimate of drug-likeness (QED) is 0.563. The predicted molar refractivity (Wildman–Crippen MR) is 122 cm³/mol. The number of rotatable bonds is 7. The summed E-state index contributed by atoms with van der Waals surface area (Å²) in [5, 5.41) is 13.1. The lowest BCUT2D eigenvalue weighted by molar-refractivity contribution is 0.0552. The standard InChI is InChI=1S/C22H32N6O5S/c29-34(30,16-18-2-10-33-25-18)27-7-5-26(6-8-27)21-24-23-20(28(21)14-17-1-9-32-15-17)19-13-22(19)3-11-31-12-4-22/h2,10,17,19H,1,3-9,11-16H2. The molecule has 186 valence electrons. The molecule has 1 spiro atoms. The molecule has 5 heterocycles. The van der Waals surface area contributed by atoms with Crippen LogP contribution in [0.2, 0.25) is 0 Å². The molecular formula is C22H32N6O5S. The van der Waals surface area contributed by atoms with Gasteiger partial charge in [-0.05, 0) is 31.1 Å². The van der Waals surface area contributed by atoms with Crippen molar-refractivity contribution >= 4 is 16.0 Å². The van der Waals surface area contributed by atoms with Crippen LogP contribution in [0, 0.1) is 11.3 Å². The van der Waals surface area contributed by atoms with E-state index in [1.165, 1.54) is 6.26 Å². The summed E-state index contributed by atoms with van der Waals surface area (Å²) in [4.78, 5) is 2.19. The van der Waals surface area contributed by atoms with E-state index in [9.17, 15) is 8.42 Å². The minimum Gasteiger partial charge on any atom is -0.381 e. The summed E-state index contributed by atoms with van der Waals surface area (Å²) in [5.41, 5.74) is 0.748. The molecule has 0 N–H and O–H groups in total. The van der Waals surface area contributed by atoms with Gasteiger partial charge in [-0.2, -0.15) is 4.31 Å². The van der Waals surface area contributed by atoms with E-state index in [1.807, 2.05) is 0 Å². The van der Waals surface area contributed by atoms with Crippen molar-refractivity contribution in [2.75, 3.05) is 57.5 Å². The molecule has 2 aromatic rings. The molecule has 0 aromatic carbocycles. The van der Waals surface area contributed by atoms with Gasteiger partial charge in [0.1, 0.15) is 17.8 Å². The first kappa shape index (κ1) is 22.4. The fourth-order valence-corrected chi connectivity index (χ4v) is 7.18. The maximum absolute atomic E-state index is 12.8. The lowest BCUT2D eigenvalue weighted by Gasteiger charge is -2.34. The van der Waals surface area contributed by atoms with Gasteiger partial charge in [0.2, 0.25) is 16.0 Å². The van der Waals surface area contributed by atoms with Gasteiger partial charge in [-0.1, -0.05) is 5.16 Å². The summed E-state index contributed by atoms with van der Waals surface area (Å²) in [6.45, 7) is 6.10. The number of hydrogen-bond donors (Lipinski definition) is 0. The summed E-state index contributed by atoms with van der Waals surface area (Å²) in [6, 6.07) is 1.59. The maximum Gasteiger partial charge on any atom is 0.227 e. The molecule has 2 atom stereocenters. The Balaban J connectivity index is 1.18. The van der Waals surface area contributed by atoms with Gasteiger partial charge in [-0.25, -0.2) is 8.42 Å². The van der Waals surface area contributed by atoms with Crippen molar-refractivity contribution in [3.8, 4) is 0 Å².